The van der Waals surface area contributed by atoms with Gasteiger partial charge >= 0.3 is 0 Å². The Kier molecular flexibility index (Phi) is 6.14. The van der Waals surface area contributed by atoms with E-state index in [0.717, 1.165) is 38.2 Å². The second-order valence-corrected chi connectivity index (χ2v) is 5.68. The zero-order valence-electron chi connectivity index (χ0n) is 12.6. The summed E-state index contributed by atoms with van der Waals surface area (Å²) in [5.74, 6) is -0.170. The van der Waals surface area contributed by atoms with Crippen molar-refractivity contribution in [3.05, 3.63) is 35.6 Å². The lowest BCUT2D eigenvalue weighted by Gasteiger charge is -2.21. The van der Waals surface area contributed by atoms with Crippen LogP contribution in [0.25, 0.3) is 0 Å². The largest absolute Gasteiger partial charge is 0.352 e. The molecule has 0 bridgehead atoms. The van der Waals surface area contributed by atoms with Gasteiger partial charge in [0.25, 0.3) is 0 Å². The predicted octanol–water partition coefficient (Wildman–Crippen LogP) is 1.17. The number of amides is 1. The van der Waals surface area contributed by atoms with Crippen LogP contribution in [0.2, 0.25) is 0 Å². The Balaban J connectivity index is 1.74. The molecule has 4 nitrogen and oxygen atoms in total. The summed E-state index contributed by atoms with van der Waals surface area (Å²) in [6, 6.07) is 6.48. The smallest absolute Gasteiger partial charge is 0.234 e. The molecule has 0 aromatic heterocycles. The number of halogens is 1. The fourth-order valence-electron chi connectivity index (χ4n) is 2.61. The van der Waals surface area contributed by atoms with E-state index in [2.05, 4.69) is 15.5 Å². The highest BCUT2D eigenvalue weighted by atomic mass is 19.1. The Morgan fingerprint density at radius 3 is 2.86 bits per heavy atom. The normalized spacial score (nSPS) is 18.0. The number of carbonyl (C=O) groups is 1. The standard InChI is InChI=1S/C16H24FN3O/c1-13(11-14-3-5-15(17)6-4-14)19-16(21)12-20-9-2-7-18-8-10-20/h3-6,13,18H,2,7-12H2,1H3,(H,19,21). The van der Waals surface area contributed by atoms with Gasteiger partial charge in [-0.3, -0.25) is 9.69 Å². The summed E-state index contributed by atoms with van der Waals surface area (Å²) in [7, 11) is 0. The quantitative estimate of drug-likeness (QED) is 0.856. The van der Waals surface area contributed by atoms with E-state index < -0.39 is 0 Å². The van der Waals surface area contributed by atoms with E-state index in [4.69, 9.17) is 0 Å². The van der Waals surface area contributed by atoms with Crippen LogP contribution >= 0.6 is 0 Å². The molecule has 1 aromatic rings. The van der Waals surface area contributed by atoms with E-state index in [1.807, 2.05) is 6.92 Å². The number of benzene rings is 1. The maximum Gasteiger partial charge on any atom is 0.234 e. The highest BCUT2D eigenvalue weighted by Crippen LogP contribution is 2.05. The van der Waals surface area contributed by atoms with Crippen molar-refractivity contribution in [2.24, 2.45) is 0 Å². The third-order valence-electron chi connectivity index (χ3n) is 3.66. The van der Waals surface area contributed by atoms with Crippen molar-refractivity contribution >= 4 is 5.91 Å². The summed E-state index contributed by atoms with van der Waals surface area (Å²) in [6.45, 7) is 6.28. The van der Waals surface area contributed by atoms with E-state index in [0.29, 0.717) is 13.0 Å². The van der Waals surface area contributed by atoms with Gasteiger partial charge in [0, 0.05) is 19.1 Å². The first-order valence-corrected chi connectivity index (χ1v) is 7.60. The van der Waals surface area contributed by atoms with Crippen LogP contribution < -0.4 is 10.6 Å². The predicted molar refractivity (Wildman–Crippen MR) is 81.6 cm³/mol. The first-order valence-electron chi connectivity index (χ1n) is 7.60. The Morgan fingerprint density at radius 2 is 2.10 bits per heavy atom. The SMILES string of the molecule is CC(Cc1ccc(F)cc1)NC(=O)CN1CCCNCC1. The fraction of sp³-hybridized carbons (Fsp3) is 0.562. The van der Waals surface area contributed by atoms with Crippen LogP contribution in [0.3, 0.4) is 0 Å². The van der Waals surface area contributed by atoms with Crippen molar-refractivity contribution < 1.29 is 9.18 Å². The van der Waals surface area contributed by atoms with Crippen LogP contribution in [-0.4, -0.2) is 49.6 Å². The molecule has 0 radical (unpaired) electrons. The molecule has 1 fully saturated rings. The minimum atomic E-state index is -0.231. The number of rotatable bonds is 5. The Hall–Kier alpha value is -1.46. The van der Waals surface area contributed by atoms with E-state index in [-0.39, 0.29) is 17.8 Å². The first-order chi connectivity index (χ1) is 10.1. The molecule has 2 rings (SSSR count). The summed E-state index contributed by atoms with van der Waals surface area (Å²) in [6.07, 6.45) is 1.80. The van der Waals surface area contributed by atoms with Gasteiger partial charge in [-0.05, 0) is 50.6 Å². The lowest BCUT2D eigenvalue weighted by Crippen LogP contribution is -2.42. The molecule has 1 atom stereocenters. The van der Waals surface area contributed by atoms with Crippen LogP contribution in [0.15, 0.2) is 24.3 Å². The van der Waals surface area contributed by atoms with Crippen molar-refractivity contribution in [2.45, 2.75) is 25.8 Å². The zero-order valence-corrected chi connectivity index (χ0v) is 12.6. The van der Waals surface area contributed by atoms with E-state index >= 15 is 0 Å². The second kappa shape index (κ2) is 8.10. The maximum absolute atomic E-state index is 12.8. The number of carbonyl (C=O) groups excluding carboxylic acids is 1. The molecule has 0 spiro atoms. The average molecular weight is 293 g/mol. The lowest BCUT2D eigenvalue weighted by molar-refractivity contribution is -0.122. The molecule has 2 N–H and O–H groups in total. The van der Waals surface area contributed by atoms with Gasteiger partial charge in [0.15, 0.2) is 0 Å². The van der Waals surface area contributed by atoms with Crippen molar-refractivity contribution in [3.8, 4) is 0 Å². The minimum absolute atomic E-state index is 0.0491. The summed E-state index contributed by atoms with van der Waals surface area (Å²) >= 11 is 0. The Morgan fingerprint density at radius 1 is 1.33 bits per heavy atom. The molecule has 1 heterocycles. The van der Waals surface area contributed by atoms with Gasteiger partial charge in [-0.2, -0.15) is 0 Å². The van der Waals surface area contributed by atoms with Gasteiger partial charge in [0.1, 0.15) is 5.82 Å². The molecule has 1 unspecified atom stereocenters. The Bertz CT molecular complexity index is 441. The van der Waals surface area contributed by atoms with Crippen molar-refractivity contribution in [2.75, 3.05) is 32.7 Å². The average Bonchev–Trinajstić information content (AvgIpc) is 2.69. The number of hydrogen-bond acceptors (Lipinski definition) is 3. The molecule has 1 saturated heterocycles. The molecule has 0 saturated carbocycles. The molecule has 1 aliphatic rings. The van der Waals surface area contributed by atoms with Crippen molar-refractivity contribution in [1.29, 1.82) is 0 Å². The number of nitrogens with zero attached hydrogens (tertiary/aromatic N) is 1. The van der Waals surface area contributed by atoms with E-state index in [1.54, 1.807) is 12.1 Å². The fourth-order valence-corrected chi connectivity index (χ4v) is 2.61. The summed E-state index contributed by atoms with van der Waals surface area (Å²) in [5, 5.41) is 6.34. The zero-order chi connectivity index (χ0) is 15.1. The molecule has 116 valence electrons. The van der Waals surface area contributed by atoms with Gasteiger partial charge in [-0.1, -0.05) is 12.1 Å². The van der Waals surface area contributed by atoms with Crippen molar-refractivity contribution in [3.63, 3.8) is 0 Å². The number of hydrogen-bond donors (Lipinski definition) is 2. The molecule has 0 aliphatic carbocycles. The second-order valence-electron chi connectivity index (χ2n) is 5.68. The monoisotopic (exact) mass is 293 g/mol. The van der Waals surface area contributed by atoms with E-state index in [9.17, 15) is 9.18 Å². The summed E-state index contributed by atoms with van der Waals surface area (Å²) in [5.41, 5.74) is 1.03. The molecular formula is C16H24FN3O. The van der Waals surface area contributed by atoms with Gasteiger partial charge in [0.05, 0.1) is 6.54 Å². The third-order valence-corrected chi connectivity index (χ3v) is 3.66. The van der Waals surface area contributed by atoms with Crippen LogP contribution in [-0.2, 0) is 11.2 Å². The maximum atomic E-state index is 12.8. The summed E-state index contributed by atoms with van der Waals surface area (Å²) < 4.78 is 12.8. The Labute approximate surface area is 125 Å². The summed E-state index contributed by atoms with van der Waals surface area (Å²) in [4.78, 5) is 14.2. The number of nitrogens with one attached hydrogen (secondary N) is 2. The van der Waals surface area contributed by atoms with Gasteiger partial charge < -0.3 is 10.6 Å². The molecule has 1 aromatic carbocycles. The van der Waals surface area contributed by atoms with Gasteiger partial charge in [-0.25, -0.2) is 4.39 Å². The van der Waals surface area contributed by atoms with Gasteiger partial charge in [0.2, 0.25) is 5.91 Å². The van der Waals surface area contributed by atoms with Crippen LogP contribution in [0.4, 0.5) is 4.39 Å². The molecule has 21 heavy (non-hydrogen) atoms. The molecule has 5 heteroatoms. The molecular weight excluding hydrogens is 269 g/mol. The van der Waals surface area contributed by atoms with E-state index in [1.165, 1.54) is 12.1 Å². The first kappa shape index (κ1) is 15.9. The molecule has 1 amide bonds. The lowest BCUT2D eigenvalue weighted by atomic mass is 10.1. The highest BCUT2D eigenvalue weighted by Gasteiger charge is 2.14. The van der Waals surface area contributed by atoms with Crippen LogP contribution in [0.5, 0.6) is 0 Å². The minimum Gasteiger partial charge on any atom is -0.352 e. The van der Waals surface area contributed by atoms with Crippen molar-refractivity contribution in [1.82, 2.24) is 15.5 Å². The topological polar surface area (TPSA) is 44.4 Å². The molecule has 1 aliphatic heterocycles. The third kappa shape index (κ3) is 5.81. The van der Waals surface area contributed by atoms with Crippen LogP contribution in [0, 0.1) is 5.82 Å². The van der Waals surface area contributed by atoms with Crippen LogP contribution in [0.1, 0.15) is 18.9 Å². The van der Waals surface area contributed by atoms with Gasteiger partial charge in [-0.15, -0.1) is 0 Å². The highest BCUT2D eigenvalue weighted by molar-refractivity contribution is 5.78.